The topological polar surface area (TPSA) is 122 Å². The van der Waals surface area contributed by atoms with Gasteiger partial charge in [-0.25, -0.2) is 0 Å². The van der Waals surface area contributed by atoms with Crippen LogP contribution in [0.5, 0.6) is 0 Å². The lowest BCUT2D eigenvalue weighted by atomic mass is 11.3. The summed E-state index contributed by atoms with van der Waals surface area (Å²) in [7, 11) is 0. The van der Waals surface area contributed by atoms with Crippen LogP contribution in [0, 0.1) is 0 Å². The summed E-state index contributed by atoms with van der Waals surface area (Å²) in [4.78, 5) is 0. The summed E-state index contributed by atoms with van der Waals surface area (Å²) in [6, 6.07) is 0. The van der Waals surface area contributed by atoms with Crippen molar-refractivity contribution < 1.29 is 10.2 Å². The number of nitrogens with two attached hydrogens (primary N) is 2. The van der Waals surface area contributed by atoms with E-state index < -0.39 is 10.3 Å². The number of nitrogens with one attached hydrogen (secondary N) is 2. The first-order chi connectivity index (χ1) is 4.54. The molecule has 4 radical (unpaired) electrons. The second-order valence-electron chi connectivity index (χ2n) is 0.864. The average molecular weight is 214 g/mol. The van der Waals surface area contributed by atoms with E-state index in [0.29, 0.717) is 0 Å². The molecule has 0 saturated carbocycles. The molecule has 0 rings (SSSR count). The van der Waals surface area contributed by atoms with Gasteiger partial charge in [-0.3, -0.25) is 11.7 Å². The Balaban J connectivity index is -0.000000107. The molecule has 0 unspecified atom stereocenters. The van der Waals surface area contributed by atoms with Crippen LogP contribution in [0.25, 0.3) is 0 Å². The zero-order valence-electron chi connectivity index (χ0n) is 5.20. The zero-order chi connectivity index (χ0) is 8.57. The van der Waals surface area contributed by atoms with Crippen molar-refractivity contribution in [3.05, 3.63) is 0 Å². The molecule has 0 saturated heterocycles. The summed E-state index contributed by atoms with van der Waals surface area (Å²) in [6.45, 7) is 0. The third-order valence-electron chi connectivity index (χ3n) is 0.236. The van der Waals surface area contributed by atoms with E-state index in [0.717, 1.165) is 0 Å². The molecule has 0 bridgehead atoms. The number of hydrogen-bond donors (Lipinski definition) is 4. The average Bonchev–Trinajstić information content (AvgIpc) is 1.89. The summed E-state index contributed by atoms with van der Waals surface area (Å²) in [5.41, 5.74) is 3.41. The maximum atomic E-state index is 9.39. The molecule has 0 aliphatic heterocycles. The van der Waals surface area contributed by atoms with E-state index in [-0.39, 0.29) is 13.5 Å². The Morgan fingerprint density at radius 2 is 1.09 bits per heavy atom. The van der Waals surface area contributed by atoms with Crippen LogP contribution in [0.1, 0.15) is 0 Å². The molecule has 64 valence electrons. The molecule has 11 heavy (non-hydrogen) atoms. The van der Waals surface area contributed by atoms with Gasteiger partial charge < -0.3 is 21.1 Å². The second-order valence-corrected chi connectivity index (χ2v) is 1.61. The van der Waals surface area contributed by atoms with Crippen molar-refractivity contribution in [2.45, 2.75) is 0 Å². The Hall–Kier alpha value is -0.350. The summed E-state index contributed by atoms with van der Waals surface area (Å²) in [5, 5.41) is 17.5. The van der Waals surface area contributed by atoms with E-state index in [1.165, 1.54) is 0 Å². The molecule has 0 aromatic heterocycles. The van der Waals surface area contributed by atoms with Crippen LogP contribution in [0.15, 0.2) is 0 Å². The van der Waals surface area contributed by atoms with Crippen LogP contribution < -0.4 is 32.7 Å². The highest BCUT2D eigenvalue weighted by atomic mass is 32.1. The van der Waals surface area contributed by atoms with Gasteiger partial charge in [0, 0.05) is 10.3 Å². The predicted molar refractivity (Wildman–Crippen MR) is 47.2 cm³/mol. The van der Waals surface area contributed by atoms with Gasteiger partial charge in [0.2, 0.25) is 0 Å². The molecular weight excluding hydrogens is 208 g/mol. The lowest BCUT2D eigenvalue weighted by molar-refractivity contribution is -0.215. The normalized spacial score (nSPS) is 6.00. The van der Waals surface area contributed by atoms with E-state index in [4.69, 9.17) is 0 Å². The maximum absolute atomic E-state index is 9.39. The molecule has 0 amide bonds. The van der Waals surface area contributed by atoms with Crippen molar-refractivity contribution in [3.8, 4) is 0 Å². The number of hydrazine groups is 2. The van der Waals surface area contributed by atoms with Gasteiger partial charge in [-0.05, 0) is 0 Å². The fourth-order valence-corrected chi connectivity index (χ4v) is 0. The first-order valence-corrected chi connectivity index (χ1v) is 2.71. The molecule has 0 aromatic rings. The van der Waals surface area contributed by atoms with Gasteiger partial charge in [-0.2, -0.15) is 0 Å². The van der Waals surface area contributed by atoms with Crippen LogP contribution in [0.2, 0.25) is 0 Å². The Morgan fingerprint density at radius 3 is 1.09 bits per heavy atom. The third-order valence-corrected chi connectivity index (χ3v) is 0.471. The van der Waals surface area contributed by atoms with E-state index in [1.54, 1.807) is 10.9 Å². The highest BCUT2D eigenvalue weighted by molar-refractivity contribution is 7.80. The van der Waals surface area contributed by atoms with Gasteiger partial charge in [0.1, 0.15) is 0 Å². The molecule has 0 heterocycles. The highest BCUT2D eigenvalue weighted by Crippen LogP contribution is 1.39. The summed E-state index contributed by atoms with van der Waals surface area (Å²) < 4.78 is 0. The fourth-order valence-electron chi connectivity index (χ4n) is 0. The van der Waals surface area contributed by atoms with Crippen molar-refractivity contribution in [1.82, 2.24) is 10.9 Å². The second kappa shape index (κ2) is 12.3. The molecule has 0 aliphatic carbocycles. The van der Waals surface area contributed by atoms with E-state index in [1.807, 2.05) is 0 Å². The molecule has 0 fully saturated rings. The monoisotopic (exact) mass is 214 g/mol. The molecule has 6 nitrogen and oxygen atoms in total. The van der Waals surface area contributed by atoms with Gasteiger partial charge in [0.25, 0.3) is 0 Å². The van der Waals surface area contributed by atoms with Crippen LogP contribution in [0.3, 0.4) is 0 Å². The van der Waals surface area contributed by atoms with Crippen molar-refractivity contribution >= 4 is 48.3 Å². The summed E-state index contributed by atoms with van der Waals surface area (Å²) >= 11 is 7.81. The molecule has 9 heteroatoms. The van der Waals surface area contributed by atoms with Crippen molar-refractivity contribution in [2.75, 3.05) is 0 Å². The van der Waals surface area contributed by atoms with Gasteiger partial charge in [-0.15, -0.1) is 0 Å². The summed E-state index contributed by atoms with van der Waals surface area (Å²) in [5.74, 6) is 8.94. The van der Waals surface area contributed by atoms with Gasteiger partial charge in [-0.1, -0.05) is 24.4 Å². The minimum Gasteiger partial charge on any atom is -0.851 e. The minimum absolute atomic E-state index is 0. The first-order valence-electron chi connectivity index (χ1n) is 1.89. The summed E-state index contributed by atoms with van der Waals surface area (Å²) in [6.07, 6.45) is 0. The Morgan fingerprint density at radius 1 is 1.00 bits per heavy atom. The largest absolute Gasteiger partial charge is 2.00 e. The fraction of sp³-hybridized carbons (Fsp3) is 0. The van der Waals surface area contributed by atoms with E-state index in [9.17, 15) is 10.2 Å². The number of rotatable bonds is 0. The lowest BCUT2D eigenvalue weighted by Crippen LogP contribution is -2.37. The van der Waals surface area contributed by atoms with Gasteiger partial charge >= 0.3 is 13.5 Å². The zero-order valence-corrected chi connectivity index (χ0v) is 7.65. The predicted octanol–water partition coefficient (Wildman–Crippen LogP) is -3.81. The van der Waals surface area contributed by atoms with Crippen LogP contribution in [0.4, 0.5) is 0 Å². The molecule has 0 atom stereocenters. The molecule has 6 N–H and O–H groups in total. The van der Waals surface area contributed by atoms with Crippen LogP contribution >= 0.6 is 24.4 Å². The standard InChI is InChI=1S/2CH4N2OS.S/c2*2-3-1(4)5;/h2*2H2,(H2,3,4,5);/q;;+2/p-2. The quantitative estimate of drug-likeness (QED) is 0.184. The lowest BCUT2D eigenvalue weighted by Gasteiger charge is -2.00. The maximum Gasteiger partial charge on any atom is 2.00 e. The van der Waals surface area contributed by atoms with Crippen molar-refractivity contribution in [1.29, 1.82) is 0 Å². The van der Waals surface area contributed by atoms with Crippen LogP contribution in [-0.4, -0.2) is 10.3 Å². The van der Waals surface area contributed by atoms with Gasteiger partial charge in [0.05, 0.1) is 0 Å². The Bertz CT molecular complexity index is 106. The Labute approximate surface area is 81.3 Å². The minimum atomic E-state index is -0.634. The van der Waals surface area contributed by atoms with Gasteiger partial charge in [0.15, 0.2) is 0 Å². The Kier molecular flexibility index (Phi) is 19.0. The SMILES string of the molecule is NNC([O-])=S.NNC([O-])=S.[S+2]. The molecule has 0 aromatic carbocycles. The molecule has 0 aliphatic rings. The highest BCUT2D eigenvalue weighted by Gasteiger charge is 2.00. The number of thiocarbonyl (C=S) groups is 2. The third kappa shape index (κ3) is 42.4. The van der Waals surface area contributed by atoms with Crippen molar-refractivity contribution in [3.63, 3.8) is 0 Å². The van der Waals surface area contributed by atoms with Crippen LogP contribution in [-0.2, 0) is 13.5 Å². The van der Waals surface area contributed by atoms with E-state index >= 15 is 0 Å². The van der Waals surface area contributed by atoms with E-state index in [2.05, 4.69) is 36.1 Å². The molecule has 0 spiro atoms. The first kappa shape index (κ1) is 16.9. The molecular formula is C2H6N4O2S3. The number of hydrogen-bond acceptors (Lipinski definition) is 6. The van der Waals surface area contributed by atoms with Crippen molar-refractivity contribution in [2.24, 2.45) is 11.7 Å². The smallest absolute Gasteiger partial charge is 0.851 e.